The van der Waals surface area contributed by atoms with E-state index in [1.54, 1.807) is 7.11 Å². The van der Waals surface area contributed by atoms with E-state index < -0.39 is 0 Å². The first-order chi connectivity index (χ1) is 6.77. The van der Waals surface area contributed by atoms with Gasteiger partial charge in [0.2, 0.25) is 0 Å². The van der Waals surface area contributed by atoms with Crippen LogP contribution in [0.15, 0.2) is 12.4 Å². The predicted octanol–water partition coefficient (Wildman–Crippen LogP) is 2.61. The summed E-state index contributed by atoms with van der Waals surface area (Å²) < 4.78 is 6.89. The lowest BCUT2D eigenvalue weighted by Crippen LogP contribution is -2.01. The van der Waals surface area contributed by atoms with Gasteiger partial charge in [-0.15, -0.1) is 11.6 Å². The minimum atomic E-state index is 0.0891. The highest BCUT2D eigenvalue weighted by molar-refractivity contribution is 6.20. The van der Waals surface area contributed by atoms with Gasteiger partial charge in [-0.3, -0.25) is 4.68 Å². The van der Waals surface area contributed by atoms with Crippen LogP contribution in [0.25, 0.3) is 0 Å². The number of alkyl halides is 1. The second-order valence-electron chi connectivity index (χ2n) is 3.26. The molecule has 0 amide bonds. The smallest absolute Gasteiger partial charge is 0.0613 e. The van der Waals surface area contributed by atoms with Crippen molar-refractivity contribution in [3.63, 3.8) is 0 Å². The molecule has 4 heteroatoms. The Hall–Kier alpha value is -0.540. The van der Waals surface area contributed by atoms with E-state index in [4.69, 9.17) is 16.3 Å². The third-order valence-corrected chi connectivity index (χ3v) is 2.67. The fraction of sp³-hybridized carbons (Fsp3) is 0.700. The monoisotopic (exact) mass is 216 g/mol. The van der Waals surface area contributed by atoms with Crippen LogP contribution in [0.3, 0.4) is 0 Å². The van der Waals surface area contributed by atoms with Crippen LogP contribution >= 0.6 is 11.6 Å². The molecule has 0 aliphatic carbocycles. The zero-order valence-corrected chi connectivity index (χ0v) is 9.50. The quantitative estimate of drug-likeness (QED) is 0.540. The van der Waals surface area contributed by atoms with E-state index in [0.717, 1.165) is 31.6 Å². The van der Waals surface area contributed by atoms with Gasteiger partial charge >= 0.3 is 0 Å². The van der Waals surface area contributed by atoms with E-state index >= 15 is 0 Å². The van der Waals surface area contributed by atoms with Crippen LogP contribution in [0.5, 0.6) is 0 Å². The maximum atomic E-state index is 6.09. The molecule has 0 N–H and O–H groups in total. The molecule has 80 valence electrons. The fourth-order valence-electron chi connectivity index (χ4n) is 1.27. The predicted molar refractivity (Wildman–Crippen MR) is 57.6 cm³/mol. The first-order valence-corrected chi connectivity index (χ1v) is 5.37. The van der Waals surface area contributed by atoms with Crippen molar-refractivity contribution >= 4 is 11.6 Å². The van der Waals surface area contributed by atoms with Crippen LogP contribution in [-0.4, -0.2) is 23.5 Å². The molecule has 3 nitrogen and oxygen atoms in total. The van der Waals surface area contributed by atoms with Crippen molar-refractivity contribution in [2.75, 3.05) is 13.7 Å². The van der Waals surface area contributed by atoms with Gasteiger partial charge in [-0.05, 0) is 12.8 Å². The van der Waals surface area contributed by atoms with E-state index in [1.165, 1.54) is 0 Å². The topological polar surface area (TPSA) is 27.1 Å². The first kappa shape index (κ1) is 11.5. The third kappa shape index (κ3) is 3.31. The van der Waals surface area contributed by atoms with Crippen LogP contribution in [0.2, 0.25) is 0 Å². The summed E-state index contributed by atoms with van der Waals surface area (Å²) in [6.07, 6.45) is 5.77. The van der Waals surface area contributed by atoms with Crippen molar-refractivity contribution in [3.8, 4) is 0 Å². The molecule has 0 bridgehead atoms. The molecule has 1 heterocycles. The second kappa shape index (κ2) is 6.04. The molecular formula is C10H17ClN2O. The molecule has 0 saturated carbocycles. The molecule has 0 saturated heterocycles. The second-order valence-corrected chi connectivity index (χ2v) is 3.79. The highest BCUT2D eigenvalue weighted by Crippen LogP contribution is 2.22. The maximum Gasteiger partial charge on any atom is 0.0613 e. The molecule has 1 aromatic heterocycles. The van der Waals surface area contributed by atoms with E-state index in [9.17, 15) is 0 Å². The van der Waals surface area contributed by atoms with Gasteiger partial charge in [0.25, 0.3) is 0 Å². The summed E-state index contributed by atoms with van der Waals surface area (Å²) in [5, 5.41) is 4.32. The van der Waals surface area contributed by atoms with Crippen molar-refractivity contribution in [3.05, 3.63) is 18.0 Å². The Labute approximate surface area is 90.0 Å². The van der Waals surface area contributed by atoms with Crippen molar-refractivity contribution < 1.29 is 4.74 Å². The molecule has 1 atom stereocenters. The Balaban J connectivity index is 2.42. The largest absolute Gasteiger partial charge is 0.385 e. The average Bonchev–Trinajstić information content (AvgIpc) is 2.66. The molecule has 0 aromatic carbocycles. The van der Waals surface area contributed by atoms with Gasteiger partial charge in [0, 0.05) is 32.0 Å². The molecule has 14 heavy (non-hydrogen) atoms. The van der Waals surface area contributed by atoms with Crippen LogP contribution in [0.4, 0.5) is 0 Å². The fourth-order valence-corrected chi connectivity index (χ4v) is 1.38. The van der Waals surface area contributed by atoms with Crippen LogP contribution in [-0.2, 0) is 11.3 Å². The maximum absolute atomic E-state index is 6.09. The molecular weight excluding hydrogens is 200 g/mol. The number of methoxy groups -OCH3 is 1. The number of hydrogen-bond donors (Lipinski definition) is 0. The lowest BCUT2D eigenvalue weighted by Gasteiger charge is -2.02. The van der Waals surface area contributed by atoms with Crippen LogP contribution in [0.1, 0.15) is 30.7 Å². The number of aromatic nitrogens is 2. The highest BCUT2D eigenvalue weighted by atomic mass is 35.5. The first-order valence-electron chi connectivity index (χ1n) is 4.93. The van der Waals surface area contributed by atoms with Crippen LogP contribution in [0, 0.1) is 0 Å². The molecule has 1 aromatic rings. The van der Waals surface area contributed by atoms with Gasteiger partial charge in [-0.1, -0.05) is 6.92 Å². The summed E-state index contributed by atoms with van der Waals surface area (Å²) in [7, 11) is 1.71. The van der Waals surface area contributed by atoms with E-state index in [1.807, 2.05) is 17.1 Å². The minimum absolute atomic E-state index is 0.0891. The van der Waals surface area contributed by atoms with Crippen molar-refractivity contribution in [1.82, 2.24) is 9.78 Å². The number of aryl methyl sites for hydroxylation is 1. The molecule has 1 unspecified atom stereocenters. The van der Waals surface area contributed by atoms with E-state index in [2.05, 4.69) is 12.0 Å². The van der Waals surface area contributed by atoms with Gasteiger partial charge < -0.3 is 4.74 Å². The summed E-state index contributed by atoms with van der Waals surface area (Å²) in [6.45, 7) is 3.73. The lowest BCUT2D eigenvalue weighted by molar-refractivity contribution is 0.189. The number of rotatable bonds is 6. The summed E-state index contributed by atoms with van der Waals surface area (Å²) in [5.41, 5.74) is 1.10. The minimum Gasteiger partial charge on any atom is -0.385 e. The Bertz CT molecular complexity index is 262. The molecule has 1 rings (SSSR count). The zero-order valence-electron chi connectivity index (χ0n) is 8.74. The highest BCUT2D eigenvalue weighted by Gasteiger charge is 2.07. The van der Waals surface area contributed by atoms with Crippen molar-refractivity contribution in [1.29, 1.82) is 0 Å². The molecule has 0 aliphatic rings. The summed E-state index contributed by atoms with van der Waals surface area (Å²) in [5.74, 6) is 0. The Kier molecular flexibility index (Phi) is 4.98. The summed E-state index contributed by atoms with van der Waals surface area (Å²) in [6, 6.07) is 0. The van der Waals surface area contributed by atoms with E-state index in [-0.39, 0.29) is 5.38 Å². The summed E-state index contributed by atoms with van der Waals surface area (Å²) in [4.78, 5) is 0. The Morgan fingerprint density at radius 2 is 2.43 bits per heavy atom. The summed E-state index contributed by atoms with van der Waals surface area (Å²) >= 11 is 6.09. The van der Waals surface area contributed by atoms with Gasteiger partial charge in [0.05, 0.1) is 11.6 Å². The molecule has 0 radical (unpaired) electrons. The van der Waals surface area contributed by atoms with E-state index in [0.29, 0.717) is 0 Å². The molecule has 0 spiro atoms. The van der Waals surface area contributed by atoms with Crippen LogP contribution < -0.4 is 0 Å². The number of hydrogen-bond acceptors (Lipinski definition) is 2. The van der Waals surface area contributed by atoms with Gasteiger partial charge in [-0.25, -0.2) is 0 Å². The SMILES string of the molecule is CCC(Cl)c1cnn(CCCOC)c1. The normalized spacial score (nSPS) is 13.1. The van der Waals surface area contributed by atoms with Crippen molar-refractivity contribution in [2.24, 2.45) is 0 Å². The lowest BCUT2D eigenvalue weighted by atomic mass is 10.2. The zero-order chi connectivity index (χ0) is 10.4. The molecule has 0 aliphatic heterocycles. The Morgan fingerprint density at radius 3 is 3.07 bits per heavy atom. The van der Waals surface area contributed by atoms with Crippen molar-refractivity contribution in [2.45, 2.75) is 31.7 Å². The standard InChI is InChI=1S/C10H17ClN2O/c1-3-10(11)9-7-12-13(8-9)5-4-6-14-2/h7-8,10H,3-6H2,1-2H3. The van der Waals surface area contributed by atoms with Gasteiger partial charge in [0.15, 0.2) is 0 Å². The third-order valence-electron chi connectivity index (χ3n) is 2.11. The van der Waals surface area contributed by atoms with Gasteiger partial charge in [0.1, 0.15) is 0 Å². The number of ether oxygens (including phenoxy) is 1. The number of halogens is 1. The Morgan fingerprint density at radius 1 is 1.64 bits per heavy atom. The average molecular weight is 217 g/mol. The van der Waals surface area contributed by atoms with Gasteiger partial charge in [-0.2, -0.15) is 5.10 Å². The number of nitrogens with zero attached hydrogens (tertiary/aromatic N) is 2. The molecule has 0 fully saturated rings.